The number of anilines is 2. The fourth-order valence-electron chi connectivity index (χ4n) is 2.51. The molecule has 1 aliphatic rings. The van der Waals surface area contributed by atoms with Crippen LogP contribution >= 0.6 is 0 Å². The van der Waals surface area contributed by atoms with Crippen molar-refractivity contribution in [3.05, 3.63) is 59.9 Å². The smallest absolute Gasteiger partial charge is 0.258 e. The largest absolute Gasteiger partial charge is 0.322 e. The van der Waals surface area contributed by atoms with Gasteiger partial charge in [0.15, 0.2) is 0 Å². The molecule has 0 aromatic heterocycles. The van der Waals surface area contributed by atoms with Crippen LogP contribution in [-0.4, -0.2) is 26.6 Å². The molecule has 1 N–H and O–H groups in total. The van der Waals surface area contributed by atoms with E-state index < -0.39 is 21.7 Å². The number of sulfonamides is 1. The topological polar surface area (TPSA) is 66.5 Å². The van der Waals surface area contributed by atoms with Gasteiger partial charge in [-0.15, -0.1) is 0 Å². The maximum absolute atomic E-state index is 13.6. The predicted molar refractivity (Wildman–Crippen MR) is 86.5 cm³/mol. The number of benzene rings is 2. The van der Waals surface area contributed by atoms with Gasteiger partial charge in [-0.25, -0.2) is 12.8 Å². The molecule has 5 nitrogen and oxygen atoms in total. The molecule has 1 fully saturated rings. The van der Waals surface area contributed by atoms with Crippen LogP contribution in [0.3, 0.4) is 0 Å². The van der Waals surface area contributed by atoms with Gasteiger partial charge >= 0.3 is 0 Å². The SMILES string of the molecule is O=C(Nc1cccc(N2CCCS2(=O)=O)c1)c1ccccc1F. The summed E-state index contributed by atoms with van der Waals surface area (Å²) in [4.78, 5) is 12.1. The Morgan fingerprint density at radius 1 is 1.13 bits per heavy atom. The van der Waals surface area contributed by atoms with E-state index in [9.17, 15) is 17.6 Å². The summed E-state index contributed by atoms with van der Waals surface area (Å²) in [6.45, 7) is 0.424. The van der Waals surface area contributed by atoms with Gasteiger partial charge < -0.3 is 5.32 Å². The van der Waals surface area contributed by atoms with Crippen LogP contribution < -0.4 is 9.62 Å². The van der Waals surface area contributed by atoms with E-state index in [-0.39, 0.29) is 11.3 Å². The number of carbonyl (C=O) groups is 1. The highest BCUT2D eigenvalue weighted by Crippen LogP contribution is 2.26. The second-order valence-electron chi connectivity index (χ2n) is 5.23. The molecule has 1 heterocycles. The van der Waals surface area contributed by atoms with Gasteiger partial charge in [0.25, 0.3) is 5.91 Å². The molecule has 2 aromatic rings. The van der Waals surface area contributed by atoms with Crippen molar-refractivity contribution in [1.82, 2.24) is 0 Å². The summed E-state index contributed by atoms with van der Waals surface area (Å²) in [5.74, 6) is -1.06. The van der Waals surface area contributed by atoms with Gasteiger partial charge in [0, 0.05) is 12.2 Å². The molecular weight excluding hydrogens is 319 g/mol. The van der Waals surface area contributed by atoms with Crippen LogP contribution in [0.25, 0.3) is 0 Å². The molecule has 0 saturated carbocycles. The second kappa shape index (κ2) is 6.00. The van der Waals surface area contributed by atoms with E-state index in [0.29, 0.717) is 24.3 Å². The molecule has 0 bridgehead atoms. The van der Waals surface area contributed by atoms with Crippen LogP contribution in [0.15, 0.2) is 48.5 Å². The van der Waals surface area contributed by atoms with Crippen LogP contribution in [0.2, 0.25) is 0 Å². The van der Waals surface area contributed by atoms with Crippen molar-refractivity contribution in [3.8, 4) is 0 Å². The lowest BCUT2D eigenvalue weighted by atomic mass is 10.2. The Kier molecular flexibility index (Phi) is 4.04. The minimum Gasteiger partial charge on any atom is -0.322 e. The molecule has 1 saturated heterocycles. The monoisotopic (exact) mass is 334 g/mol. The summed E-state index contributed by atoms with van der Waals surface area (Å²) >= 11 is 0. The van der Waals surface area contributed by atoms with Crippen molar-refractivity contribution < 1.29 is 17.6 Å². The number of carbonyl (C=O) groups excluding carboxylic acids is 1. The molecule has 0 unspecified atom stereocenters. The number of hydrogen-bond donors (Lipinski definition) is 1. The van der Waals surface area contributed by atoms with E-state index in [1.807, 2.05) is 0 Å². The summed E-state index contributed by atoms with van der Waals surface area (Å²) in [6.07, 6.45) is 0.578. The first-order chi connectivity index (χ1) is 11.0. The van der Waals surface area contributed by atoms with Gasteiger partial charge in [0.05, 0.1) is 17.0 Å². The van der Waals surface area contributed by atoms with E-state index in [1.54, 1.807) is 30.3 Å². The molecule has 0 radical (unpaired) electrons. The van der Waals surface area contributed by atoms with Gasteiger partial charge in [0.2, 0.25) is 10.0 Å². The highest BCUT2D eigenvalue weighted by Gasteiger charge is 2.28. The molecule has 120 valence electrons. The predicted octanol–water partition coefficient (Wildman–Crippen LogP) is 2.62. The Morgan fingerprint density at radius 3 is 2.61 bits per heavy atom. The van der Waals surface area contributed by atoms with Crippen molar-refractivity contribution in [2.24, 2.45) is 0 Å². The summed E-state index contributed by atoms with van der Waals surface area (Å²) in [5.41, 5.74) is 0.846. The molecule has 3 rings (SSSR count). The fraction of sp³-hybridized carbons (Fsp3) is 0.188. The molecule has 0 aliphatic carbocycles. The summed E-state index contributed by atoms with van der Waals surface area (Å²) in [5, 5.41) is 2.59. The minimum atomic E-state index is -3.28. The van der Waals surface area contributed by atoms with Crippen molar-refractivity contribution in [2.75, 3.05) is 21.9 Å². The molecule has 23 heavy (non-hydrogen) atoms. The van der Waals surface area contributed by atoms with Gasteiger partial charge in [-0.3, -0.25) is 9.10 Å². The van der Waals surface area contributed by atoms with E-state index >= 15 is 0 Å². The van der Waals surface area contributed by atoms with Crippen LogP contribution in [0, 0.1) is 5.82 Å². The van der Waals surface area contributed by atoms with Crippen molar-refractivity contribution in [1.29, 1.82) is 0 Å². The van der Waals surface area contributed by atoms with Gasteiger partial charge in [-0.05, 0) is 36.8 Å². The normalized spacial score (nSPS) is 16.3. The number of nitrogens with zero attached hydrogens (tertiary/aromatic N) is 1. The maximum Gasteiger partial charge on any atom is 0.258 e. The van der Waals surface area contributed by atoms with E-state index in [1.165, 1.54) is 22.5 Å². The maximum atomic E-state index is 13.6. The van der Waals surface area contributed by atoms with E-state index in [0.717, 1.165) is 0 Å². The van der Waals surface area contributed by atoms with E-state index in [2.05, 4.69) is 5.32 Å². The van der Waals surface area contributed by atoms with Gasteiger partial charge in [-0.1, -0.05) is 18.2 Å². The van der Waals surface area contributed by atoms with E-state index in [4.69, 9.17) is 0 Å². The zero-order valence-corrected chi connectivity index (χ0v) is 13.0. The first-order valence-electron chi connectivity index (χ1n) is 7.14. The van der Waals surface area contributed by atoms with Crippen LogP contribution in [-0.2, 0) is 10.0 Å². The zero-order valence-electron chi connectivity index (χ0n) is 12.2. The number of hydrogen-bond acceptors (Lipinski definition) is 3. The third-order valence-corrected chi connectivity index (χ3v) is 5.48. The first-order valence-corrected chi connectivity index (χ1v) is 8.75. The lowest BCUT2D eigenvalue weighted by molar-refractivity contribution is 0.102. The molecule has 0 spiro atoms. The lowest BCUT2D eigenvalue weighted by Crippen LogP contribution is -2.25. The third-order valence-electron chi connectivity index (χ3n) is 3.61. The standard InChI is InChI=1S/C16H15FN2O3S/c17-15-8-2-1-7-14(15)16(20)18-12-5-3-6-13(11-12)19-9-4-10-23(19,21)22/h1-3,5-8,11H,4,9-10H2,(H,18,20). The lowest BCUT2D eigenvalue weighted by Gasteiger charge is -2.17. The Morgan fingerprint density at radius 2 is 1.91 bits per heavy atom. The molecule has 1 aliphatic heterocycles. The second-order valence-corrected chi connectivity index (χ2v) is 7.24. The molecular formula is C16H15FN2O3S. The number of rotatable bonds is 3. The Labute approximate surface area is 133 Å². The zero-order chi connectivity index (χ0) is 16.4. The van der Waals surface area contributed by atoms with Gasteiger partial charge in [-0.2, -0.15) is 0 Å². The van der Waals surface area contributed by atoms with Crippen LogP contribution in [0.5, 0.6) is 0 Å². The molecule has 0 atom stereocenters. The summed E-state index contributed by atoms with van der Waals surface area (Å²) in [6, 6.07) is 12.2. The quantitative estimate of drug-likeness (QED) is 0.938. The van der Waals surface area contributed by atoms with Gasteiger partial charge in [0.1, 0.15) is 5.82 Å². The van der Waals surface area contributed by atoms with Crippen molar-refractivity contribution >= 4 is 27.3 Å². The Balaban J connectivity index is 1.84. The minimum absolute atomic E-state index is 0.0632. The average Bonchev–Trinajstić information content (AvgIpc) is 2.87. The highest BCUT2D eigenvalue weighted by molar-refractivity contribution is 7.93. The van der Waals surface area contributed by atoms with Crippen LogP contribution in [0.1, 0.15) is 16.8 Å². The average molecular weight is 334 g/mol. The summed E-state index contributed by atoms with van der Waals surface area (Å²) in [7, 11) is -3.28. The molecule has 1 amide bonds. The molecule has 2 aromatic carbocycles. The van der Waals surface area contributed by atoms with Crippen LogP contribution in [0.4, 0.5) is 15.8 Å². The first kappa shape index (κ1) is 15.5. The number of halogens is 1. The third kappa shape index (κ3) is 3.19. The number of amides is 1. The van der Waals surface area contributed by atoms with Crippen molar-refractivity contribution in [3.63, 3.8) is 0 Å². The number of nitrogens with one attached hydrogen (secondary N) is 1. The fourth-order valence-corrected chi connectivity index (χ4v) is 4.07. The Bertz CT molecular complexity index is 852. The highest BCUT2D eigenvalue weighted by atomic mass is 32.2. The summed E-state index contributed by atoms with van der Waals surface area (Å²) < 4.78 is 38.8. The molecule has 7 heteroatoms. The van der Waals surface area contributed by atoms with Crippen molar-refractivity contribution in [2.45, 2.75) is 6.42 Å². The Hall–Kier alpha value is -2.41.